The molecule has 0 aliphatic heterocycles. The van der Waals surface area contributed by atoms with Gasteiger partial charge >= 0.3 is 0 Å². The highest BCUT2D eigenvalue weighted by molar-refractivity contribution is 5.39. The molecular weight excluding hydrogens is 188 g/mol. The minimum Gasteiger partial charge on any atom is -0.496 e. The normalized spacial score (nSPS) is 19.1. The Labute approximate surface area is 90.9 Å². The minimum atomic E-state index is -0.610. The van der Waals surface area contributed by atoms with Crippen LogP contribution in [0.25, 0.3) is 0 Å². The molecule has 15 heavy (non-hydrogen) atoms. The van der Waals surface area contributed by atoms with Crippen LogP contribution in [0.1, 0.15) is 36.8 Å². The summed E-state index contributed by atoms with van der Waals surface area (Å²) in [5.74, 6) is 0.868. The van der Waals surface area contributed by atoms with Gasteiger partial charge in [0.1, 0.15) is 5.75 Å². The molecule has 0 saturated heterocycles. The zero-order chi connectivity index (χ0) is 10.9. The molecule has 0 atom stereocenters. The molecule has 1 aliphatic carbocycles. The monoisotopic (exact) mass is 206 g/mol. The van der Waals surface area contributed by atoms with Crippen LogP contribution >= 0.6 is 0 Å². The zero-order valence-electron chi connectivity index (χ0n) is 9.42. The van der Waals surface area contributed by atoms with E-state index in [0.717, 1.165) is 42.6 Å². The average Bonchev–Trinajstić information content (AvgIpc) is 2.67. The topological polar surface area (TPSA) is 29.5 Å². The number of hydrogen-bond donors (Lipinski definition) is 1. The van der Waals surface area contributed by atoms with Gasteiger partial charge in [-0.25, -0.2) is 0 Å². The predicted molar refractivity (Wildman–Crippen MR) is 60.1 cm³/mol. The van der Waals surface area contributed by atoms with Crippen molar-refractivity contribution in [1.82, 2.24) is 0 Å². The van der Waals surface area contributed by atoms with Gasteiger partial charge in [0.05, 0.1) is 12.7 Å². The molecular formula is C13H18O2. The molecule has 0 spiro atoms. The molecule has 0 unspecified atom stereocenters. The quantitative estimate of drug-likeness (QED) is 0.806. The van der Waals surface area contributed by atoms with Gasteiger partial charge in [-0.15, -0.1) is 0 Å². The van der Waals surface area contributed by atoms with Gasteiger partial charge in [0.15, 0.2) is 0 Å². The van der Waals surface area contributed by atoms with Crippen LogP contribution in [-0.4, -0.2) is 12.2 Å². The van der Waals surface area contributed by atoms with E-state index < -0.39 is 5.60 Å². The highest BCUT2D eigenvalue weighted by Gasteiger charge is 2.33. The summed E-state index contributed by atoms with van der Waals surface area (Å²) in [6.07, 6.45) is 3.98. The van der Waals surface area contributed by atoms with Gasteiger partial charge in [0.2, 0.25) is 0 Å². The maximum atomic E-state index is 10.4. The van der Waals surface area contributed by atoms with Crippen LogP contribution in [0.5, 0.6) is 5.75 Å². The number of methoxy groups -OCH3 is 1. The number of benzene rings is 1. The highest BCUT2D eigenvalue weighted by Crippen LogP contribution is 2.39. The standard InChI is InChI=1S/C13H18O2/c1-10-5-6-11(9-12(10)15-2)13(14)7-3-4-8-13/h5-6,9,14H,3-4,7-8H2,1-2H3. The Hall–Kier alpha value is -1.02. The van der Waals surface area contributed by atoms with Crippen molar-refractivity contribution in [3.63, 3.8) is 0 Å². The summed E-state index contributed by atoms with van der Waals surface area (Å²) in [4.78, 5) is 0. The van der Waals surface area contributed by atoms with E-state index in [1.54, 1.807) is 7.11 Å². The van der Waals surface area contributed by atoms with Crippen molar-refractivity contribution in [2.45, 2.75) is 38.2 Å². The molecule has 1 N–H and O–H groups in total. The number of hydrogen-bond acceptors (Lipinski definition) is 2. The van der Waals surface area contributed by atoms with E-state index in [-0.39, 0.29) is 0 Å². The van der Waals surface area contributed by atoms with E-state index in [1.165, 1.54) is 0 Å². The van der Waals surface area contributed by atoms with Crippen molar-refractivity contribution in [3.05, 3.63) is 29.3 Å². The molecule has 1 aliphatic rings. The predicted octanol–water partition coefficient (Wildman–Crippen LogP) is 2.77. The Morgan fingerprint density at radius 1 is 1.27 bits per heavy atom. The summed E-state index contributed by atoms with van der Waals surface area (Å²) >= 11 is 0. The lowest BCUT2D eigenvalue weighted by Gasteiger charge is -2.23. The van der Waals surface area contributed by atoms with Crippen molar-refractivity contribution in [2.75, 3.05) is 7.11 Å². The lowest BCUT2D eigenvalue weighted by Crippen LogP contribution is -2.20. The second kappa shape index (κ2) is 3.86. The molecule has 1 saturated carbocycles. The second-order valence-electron chi connectivity index (χ2n) is 4.42. The number of rotatable bonds is 2. The van der Waals surface area contributed by atoms with Crippen molar-refractivity contribution in [2.24, 2.45) is 0 Å². The lowest BCUT2D eigenvalue weighted by atomic mass is 9.91. The average molecular weight is 206 g/mol. The molecule has 1 fully saturated rings. The Kier molecular flexibility index (Phi) is 2.70. The molecule has 0 heterocycles. The van der Waals surface area contributed by atoms with Crippen molar-refractivity contribution in [1.29, 1.82) is 0 Å². The van der Waals surface area contributed by atoms with Gasteiger partial charge in [-0.1, -0.05) is 25.0 Å². The SMILES string of the molecule is COc1cc(C2(O)CCCC2)ccc1C. The largest absolute Gasteiger partial charge is 0.496 e. The molecule has 1 aromatic rings. The first kappa shape index (κ1) is 10.5. The summed E-state index contributed by atoms with van der Waals surface area (Å²) in [6, 6.07) is 6.01. The van der Waals surface area contributed by atoms with E-state index in [1.807, 2.05) is 25.1 Å². The Balaban J connectivity index is 2.36. The van der Waals surface area contributed by atoms with Crippen LogP contribution in [0.3, 0.4) is 0 Å². The molecule has 0 radical (unpaired) electrons. The van der Waals surface area contributed by atoms with Gasteiger partial charge in [-0.3, -0.25) is 0 Å². The molecule has 1 aromatic carbocycles. The Bertz CT molecular complexity index is 352. The van der Waals surface area contributed by atoms with Crippen molar-refractivity contribution >= 4 is 0 Å². The third-order valence-corrected chi connectivity index (χ3v) is 3.38. The third kappa shape index (κ3) is 1.86. The molecule has 2 heteroatoms. The number of ether oxygens (including phenoxy) is 1. The molecule has 0 aromatic heterocycles. The maximum absolute atomic E-state index is 10.4. The summed E-state index contributed by atoms with van der Waals surface area (Å²) < 4.78 is 5.28. The maximum Gasteiger partial charge on any atom is 0.122 e. The van der Waals surface area contributed by atoms with Crippen LogP contribution in [0.4, 0.5) is 0 Å². The van der Waals surface area contributed by atoms with Crippen LogP contribution in [-0.2, 0) is 5.60 Å². The second-order valence-corrected chi connectivity index (χ2v) is 4.42. The van der Waals surface area contributed by atoms with Crippen molar-refractivity contribution < 1.29 is 9.84 Å². The number of aryl methyl sites for hydroxylation is 1. The Morgan fingerprint density at radius 3 is 2.53 bits per heavy atom. The fourth-order valence-corrected chi connectivity index (χ4v) is 2.36. The van der Waals surface area contributed by atoms with Crippen LogP contribution in [0.2, 0.25) is 0 Å². The fourth-order valence-electron chi connectivity index (χ4n) is 2.36. The van der Waals surface area contributed by atoms with Gasteiger partial charge in [-0.2, -0.15) is 0 Å². The van der Waals surface area contributed by atoms with Gasteiger partial charge in [0.25, 0.3) is 0 Å². The minimum absolute atomic E-state index is 0.610. The molecule has 0 bridgehead atoms. The van der Waals surface area contributed by atoms with Gasteiger partial charge < -0.3 is 9.84 Å². The van der Waals surface area contributed by atoms with Crippen molar-refractivity contribution in [3.8, 4) is 5.75 Å². The first-order chi connectivity index (χ1) is 7.15. The van der Waals surface area contributed by atoms with Gasteiger partial charge in [0, 0.05) is 0 Å². The summed E-state index contributed by atoms with van der Waals surface area (Å²) in [5.41, 5.74) is 1.51. The summed E-state index contributed by atoms with van der Waals surface area (Å²) in [6.45, 7) is 2.02. The van der Waals surface area contributed by atoms with Gasteiger partial charge in [-0.05, 0) is 37.0 Å². The van der Waals surface area contributed by atoms with E-state index in [2.05, 4.69) is 0 Å². The smallest absolute Gasteiger partial charge is 0.122 e. The summed E-state index contributed by atoms with van der Waals surface area (Å²) in [5, 5.41) is 10.4. The zero-order valence-corrected chi connectivity index (χ0v) is 9.42. The van der Waals surface area contributed by atoms with Crippen LogP contribution < -0.4 is 4.74 Å². The first-order valence-electron chi connectivity index (χ1n) is 5.53. The highest BCUT2D eigenvalue weighted by atomic mass is 16.5. The lowest BCUT2D eigenvalue weighted by molar-refractivity contribution is 0.0442. The number of aliphatic hydroxyl groups is 1. The van der Waals surface area contributed by atoms with E-state index in [0.29, 0.717) is 0 Å². The van der Waals surface area contributed by atoms with E-state index >= 15 is 0 Å². The molecule has 2 rings (SSSR count). The van der Waals surface area contributed by atoms with E-state index in [9.17, 15) is 5.11 Å². The summed E-state index contributed by atoms with van der Waals surface area (Å²) in [7, 11) is 1.67. The molecule has 0 amide bonds. The van der Waals surface area contributed by atoms with E-state index in [4.69, 9.17) is 4.74 Å². The van der Waals surface area contributed by atoms with Crippen LogP contribution in [0, 0.1) is 6.92 Å². The third-order valence-electron chi connectivity index (χ3n) is 3.38. The molecule has 82 valence electrons. The first-order valence-corrected chi connectivity index (χ1v) is 5.53. The Morgan fingerprint density at radius 2 is 1.93 bits per heavy atom. The fraction of sp³-hybridized carbons (Fsp3) is 0.538. The van der Waals surface area contributed by atoms with Crippen LogP contribution in [0.15, 0.2) is 18.2 Å². The molecule has 2 nitrogen and oxygen atoms in total.